The molecule has 38 heavy (non-hydrogen) atoms. The van der Waals surface area contributed by atoms with E-state index in [2.05, 4.69) is 15.1 Å². The Morgan fingerprint density at radius 3 is 2.61 bits per heavy atom. The molecule has 1 aromatic carbocycles. The van der Waals surface area contributed by atoms with Crippen molar-refractivity contribution in [3.63, 3.8) is 0 Å². The zero-order valence-corrected chi connectivity index (χ0v) is 21.1. The van der Waals surface area contributed by atoms with Crippen molar-refractivity contribution in [1.82, 2.24) is 24.3 Å². The smallest absolute Gasteiger partial charge is 0.421 e. The van der Waals surface area contributed by atoms with E-state index in [0.29, 0.717) is 27.5 Å². The number of aromatic nitrogens is 5. The van der Waals surface area contributed by atoms with Crippen LogP contribution in [0.2, 0.25) is 5.02 Å². The molecule has 0 fully saturated rings. The van der Waals surface area contributed by atoms with Gasteiger partial charge in [0.1, 0.15) is 23.4 Å². The lowest BCUT2D eigenvalue weighted by Crippen LogP contribution is -2.28. The number of aryl methyl sites for hydroxylation is 2. The lowest BCUT2D eigenvalue weighted by molar-refractivity contribution is -0.138. The first-order valence-corrected chi connectivity index (χ1v) is 11.9. The topological polar surface area (TPSA) is 74.8 Å². The molecular weight excluding hydrogens is 519 g/mol. The molecule has 0 amide bonds. The summed E-state index contributed by atoms with van der Waals surface area (Å²) in [6.45, 7) is 3.58. The van der Waals surface area contributed by atoms with Crippen LogP contribution in [0.1, 0.15) is 28.2 Å². The van der Waals surface area contributed by atoms with Crippen LogP contribution in [0.3, 0.4) is 0 Å². The van der Waals surface area contributed by atoms with Crippen LogP contribution in [0, 0.1) is 13.8 Å². The van der Waals surface area contributed by atoms with Crippen molar-refractivity contribution in [2.45, 2.75) is 33.2 Å². The van der Waals surface area contributed by atoms with Crippen LogP contribution < -0.4 is 10.3 Å². The fraction of sp³-hybridized carbons (Fsp3) is 0.185. The summed E-state index contributed by atoms with van der Waals surface area (Å²) in [4.78, 5) is 21.4. The van der Waals surface area contributed by atoms with Gasteiger partial charge in [0.15, 0.2) is 0 Å². The highest BCUT2D eigenvalue weighted by atomic mass is 35.5. The van der Waals surface area contributed by atoms with Gasteiger partial charge in [-0.05, 0) is 50.2 Å². The molecule has 0 bridgehead atoms. The van der Waals surface area contributed by atoms with Gasteiger partial charge in [-0.1, -0.05) is 23.7 Å². The second-order valence-corrected chi connectivity index (χ2v) is 9.09. The molecule has 0 radical (unpaired) electrons. The molecule has 0 saturated carbocycles. The van der Waals surface area contributed by atoms with Crippen molar-refractivity contribution in [3.05, 3.63) is 111 Å². The molecule has 7 nitrogen and oxygen atoms in total. The predicted octanol–water partition coefficient (Wildman–Crippen LogP) is 5.89. The Bertz CT molecular complexity index is 1710. The van der Waals surface area contributed by atoms with Crippen molar-refractivity contribution in [2.24, 2.45) is 0 Å². The van der Waals surface area contributed by atoms with Gasteiger partial charge in [0.2, 0.25) is 0 Å². The third kappa shape index (κ3) is 4.87. The summed E-state index contributed by atoms with van der Waals surface area (Å²) in [6, 6.07) is 12.9. The average Bonchev–Trinajstić information content (AvgIpc) is 3.29. The summed E-state index contributed by atoms with van der Waals surface area (Å²) in [7, 11) is 0. The summed E-state index contributed by atoms with van der Waals surface area (Å²) in [5.41, 5.74) is 1.55. The number of hydrogen-bond acceptors (Lipinski definition) is 5. The maximum atomic E-state index is 13.2. The second-order valence-electron chi connectivity index (χ2n) is 8.68. The fourth-order valence-electron chi connectivity index (χ4n) is 4.23. The van der Waals surface area contributed by atoms with Crippen LogP contribution in [0.25, 0.3) is 16.6 Å². The first kappa shape index (κ1) is 25.5. The Labute approximate surface area is 220 Å². The van der Waals surface area contributed by atoms with Gasteiger partial charge >= 0.3 is 6.18 Å². The van der Waals surface area contributed by atoms with E-state index in [1.54, 1.807) is 18.3 Å². The third-order valence-electron chi connectivity index (χ3n) is 6.07. The van der Waals surface area contributed by atoms with Gasteiger partial charge in [0, 0.05) is 40.9 Å². The minimum absolute atomic E-state index is 0.0411. The monoisotopic (exact) mass is 539 g/mol. The number of benzene rings is 1. The number of ether oxygens (including phenoxy) is 1. The number of para-hydroxylation sites is 1. The van der Waals surface area contributed by atoms with E-state index >= 15 is 0 Å². The Morgan fingerprint density at radius 2 is 1.87 bits per heavy atom. The maximum Gasteiger partial charge on any atom is 0.421 e. The third-order valence-corrected chi connectivity index (χ3v) is 6.43. The molecule has 4 aromatic heterocycles. The van der Waals surface area contributed by atoms with Crippen molar-refractivity contribution in [3.8, 4) is 11.4 Å². The van der Waals surface area contributed by atoms with Gasteiger partial charge in [-0.15, -0.1) is 0 Å². The quantitative estimate of drug-likeness (QED) is 0.269. The van der Waals surface area contributed by atoms with Gasteiger partial charge in [0.25, 0.3) is 5.56 Å². The zero-order valence-electron chi connectivity index (χ0n) is 20.3. The average molecular weight is 540 g/mol. The standard InChI is InChI=1S/C27H21ClF3N5O2/c1-16-13-23(36-17(2)8-11-33-36)18-5-3-7-24(25(18)34-16)38-15-19-21(28)9-10-32-22(19)14-35-12-4-6-20(26(35)37)27(29,30)31/h3-13H,14-15H2,1-2H3. The van der Waals surface area contributed by atoms with Gasteiger partial charge in [-0.25, -0.2) is 9.67 Å². The van der Waals surface area contributed by atoms with Crippen molar-refractivity contribution < 1.29 is 17.9 Å². The van der Waals surface area contributed by atoms with Crippen LogP contribution in [0.5, 0.6) is 5.75 Å². The maximum absolute atomic E-state index is 13.2. The van der Waals surface area contributed by atoms with E-state index in [0.717, 1.165) is 33.1 Å². The first-order valence-electron chi connectivity index (χ1n) is 11.6. The molecule has 4 heterocycles. The van der Waals surface area contributed by atoms with Crippen LogP contribution >= 0.6 is 11.6 Å². The Kier molecular flexibility index (Phi) is 6.66. The van der Waals surface area contributed by atoms with Crippen LogP contribution in [-0.4, -0.2) is 24.3 Å². The first-order chi connectivity index (χ1) is 18.1. The molecule has 5 rings (SSSR count). The molecule has 0 aliphatic rings. The van der Waals surface area contributed by atoms with E-state index in [1.807, 2.05) is 42.8 Å². The zero-order chi connectivity index (χ0) is 27.0. The Balaban J connectivity index is 1.50. The molecule has 0 spiro atoms. The molecule has 0 unspecified atom stereocenters. The van der Waals surface area contributed by atoms with Crippen LogP contribution in [-0.2, 0) is 19.3 Å². The van der Waals surface area contributed by atoms with E-state index in [9.17, 15) is 18.0 Å². The number of rotatable bonds is 6. The fourth-order valence-corrected chi connectivity index (χ4v) is 4.45. The molecule has 5 aromatic rings. The molecule has 0 aliphatic heterocycles. The highest BCUT2D eigenvalue weighted by Crippen LogP contribution is 2.31. The van der Waals surface area contributed by atoms with Crippen molar-refractivity contribution in [1.29, 1.82) is 0 Å². The predicted molar refractivity (Wildman–Crippen MR) is 137 cm³/mol. The summed E-state index contributed by atoms with van der Waals surface area (Å²) in [5.74, 6) is 0.486. The second kappa shape index (κ2) is 9.94. The Hall–Kier alpha value is -4.18. The van der Waals surface area contributed by atoms with Gasteiger partial charge in [-0.2, -0.15) is 18.3 Å². The van der Waals surface area contributed by atoms with Gasteiger partial charge < -0.3 is 9.30 Å². The summed E-state index contributed by atoms with van der Waals surface area (Å²) in [5, 5.41) is 5.56. The van der Waals surface area contributed by atoms with E-state index < -0.39 is 17.3 Å². The van der Waals surface area contributed by atoms with Crippen LogP contribution in [0.4, 0.5) is 13.2 Å². The summed E-state index contributed by atoms with van der Waals surface area (Å²) in [6.07, 6.45) is -0.331. The molecule has 11 heteroatoms. The minimum atomic E-state index is -4.76. The van der Waals surface area contributed by atoms with Crippen LogP contribution in [0.15, 0.2) is 71.9 Å². The lowest BCUT2D eigenvalue weighted by atomic mass is 10.1. The largest absolute Gasteiger partial charge is 0.486 e. The van der Waals surface area contributed by atoms with Gasteiger partial charge in [-0.3, -0.25) is 9.78 Å². The highest BCUT2D eigenvalue weighted by molar-refractivity contribution is 6.31. The molecule has 0 N–H and O–H groups in total. The number of fused-ring (bicyclic) bond motifs is 1. The highest BCUT2D eigenvalue weighted by Gasteiger charge is 2.34. The number of hydrogen-bond donors (Lipinski definition) is 0. The lowest BCUT2D eigenvalue weighted by Gasteiger charge is -2.16. The summed E-state index contributed by atoms with van der Waals surface area (Å²) < 4.78 is 48.6. The van der Waals surface area contributed by atoms with Crippen molar-refractivity contribution in [2.75, 3.05) is 0 Å². The van der Waals surface area contributed by atoms with Crippen molar-refractivity contribution >= 4 is 22.5 Å². The minimum Gasteiger partial charge on any atom is -0.486 e. The normalized spacial score (nSPS) is 11.7. The van der Waals surface area contributed by atoms with E-state index in [1.165, 1.54) is 18.5 Å². The Morgan fingerprint density at radius 1 is 1.05 bits per heavy atom. The van der Waals surface area contributed by atoms with E-state index in [-0.39, 0.29) is 13.2 Å². The molecule has 0 atom stereocenters. The number of nitrogens with zero attached hydrogens (tertiary/aromatic N) is 5. The number of halogens is 4. The van der Waals surface area contributed by atoms with Gasteiger partial charge in [0.05, 0.1) is 22.9 Å². The molecular formula is C27H21ClF3N5O2. The van der Waals surface area contributed by atoms with E-state index in [4.69, 9.17) is 16.3 Å². The number of pyridine rings is 3. The summed E-state index contributed by atoms with van der Waals surface area (Å²) >= 11 is 6.44. The molecule has 194 valence electrons. The number of alkyl halides is 3. The SMILES string of the molecule is Cc1cc(-n2nccc2C)c2cccc(OCc3c(Cl)ccnc3Cn3cccc(C(F)(F)F)c3=O)c2n1. The molecule has 0 aliphatic carbocycles. The molecule has 0 saturated heterocycles.